The van der Waals surface area contributed by atoms with Gasteiger partial charge in [0.15, 0.2) is 5.65 Å². The second-order valence-electron chi connectivity index (χ2n) is 3.55. The number of rotatable bonds is 2. The van der Waals surface area contributed by atoms with Crippen molar-refractivity contribution < 1.29 is 5.11 Å². The maximum Gasteiger partial charge on any atom is 0.348 e. The second-order valence-corrected chi connectivity index (χ2v) is 4.62. The Labute approximate surface area is 105 Å². The number of hydrogen-bond acceptors (Lipinski definition) is 5. The van der Waals surface area contributed by atoms with Crippen molar-refractivity contribution in [3.63, 3.8) is 0 Å². The van der Waals surface area contributed by atoms with Gasteiger partial charge in [-0.05, 0) is 12.1 Å². The number of benzene rings is 1. The predicted molar refractivity (Wildman–Crippen MR) is 65.8 cm³/mol. The third kappa shape index (κ3) is 1.84. The lowest BCUT2D eigenvalue weighted by molar-refractivity contribution is 0.462. The highest BCUT2D eigenvalue weighted by Gasteiger charge is 2.06. The highest BCUT2D eigenvalue weighted by atomic mass is 32.2. The summed E-state index contributed by atoms with van der Waals surface area (Å²) < 4.78 is 1.31. The zero-order chi connectivity index (χ0) is 12.5. The summed E-state index contributed by atoms with van der Waals surface area (Å²) in [6.45, 7) is 0. The second kappa shape index (κ2) is 4.19. The number of para-hydroxylation sites is 1. The molecule has 0 atom stereocenters. The van der Waals surface area contributed by atoms with Gasteiger partial charge in [-0.3, -0.25) is 0 Å². The molecule has 0 saturated heterocycles. The van der Waals surface area contributed by atoms with E-state index in [4.69, 9.17) is 0 Å². The molecule has 1 aromatic carbocycles. The van der Waals surface area contributed by atoms with Crippen LogP contribution >= 0.6 is 11.8 Å². The lowest BCUT2D eigenvalue weighted by Gasteiger charge is -2.02. The smallest absolute Gasteiger partial charge is 0.348 e. The normalized spacial score (nSPS) is 10.9. The SMILES string of the molecule is O=c1[nH]nc2cc(Sc3ccccc3O)ncn12. The number of hydrogen-bond donors (Lipinski definition) is 2. The molecule has 0 radical (unpaired) electrons. The van der Waals surface area contributed by atoms with Gasteiger partial charge in [-0.1, -0.05) is 23.9 Å². The number of phenols is 1. The molecule has 3 rings (SSSR count). The highest BCUT2D eigenvalue weighted by molar-refractivity contribution is 7.99. The van der Waals surface area contributed by atoms with E-state index in [0.717, 1.165) is 0 Å². The molecular formula is C11H8N4O2S. The zero-order valence-electron chi connectivity index (χ0n) is 9.07. The Morgan fingerprint density at radius 2 is 2.17 bits per heavy atom. The van der Waals surface area contributed by atoms with Gasteiger partial charge in [0.1, 0.15) is 17.1 Å². The maximum atomic E-state index is 11.3. The Kier molecular flexibility index (Phi) is 2.52. The van der Waals surface area contributed by atoms with Crippen LogP contribution in [-0.2, 0) is 0 Å². The van der Waals surface area contributed by atoms with Gasteiger partial charge in [-0.2, -0.15) is 5.10 Å². The number of aromatic hydroxyl groups is 1. The lowest BCUT2D eigenvalue weighted by atomic mass is 10.3. The molecule has 0 aliphatic carbocycles. The van der Waals surface area contributed by atoms with Gasteiger partial charge in [0, 0.05) is 6.07 Å². The molecule has 0 unspecified atom stereocenters. The van der Waals surface area contributed by atoms with Crippen LogP contribution in [0.4, 0.5) is 0 Å². The third-order valence-corrected chi connectivity index (χ3v) is 3.36. The fourth-order valence-corrected chi connectivity index (χ4v) is 2.31. The average Bonchev–Trinajstić information content (AvgIpc) is 2.74. The molecule has 0 saturated carbocycles. The van der Waals surface area contributed by atoms with Crippen molar-refractivity contribution in [3.8, 4) is 5.75 Å². The number of phenolic OH excluding ortho intramolecular Hbond substituents is 1. The molecule has 7 heteroatoms. The van der Waals surface area contributed by atoms with Crippen LogP contribution in [0.15, 0.2) is 51.4 Å². The van der Waals surface area contributed by atoms with Crippen LogP contribution in [0.25, 0.3) is 5.65 Å². The summed E-state index contributed by atoms with van der Waals surface area (Å²) in [6.07, 6.45) is 1.41. The van der Waals surface area contributed by atoms with Crippen LogP contribution in [0.5, 0.6) is 5.75 Å². The van der Waals surface area contributed by atoms with Crippen molar-refractivity contribution in [2.75, 3.05) is 0 Å². The molecular weight excluding hydrogens is 252 g/mol. The first-order chi connectivity index (χ1) is 8.74. The van der Waals surface area contributed by atoms with Gasteiger partial charge < -0.3 is 5.11 Å². The van der Waals surface area contributed by atoms with Gasteiger partial charge in [-0.15, -0.1) is 0 Å². The molecule has 2 N–H and O–H groups in total. The molecule has 0 bridgehead atoms. The van der Waals surface area contributed by atoms with Gasteiger partial charge in [0.25, 0.3) is 0 Å². The van der Waals surface area contributed by atoms with E-state index in [0.29, 0.717) is 15.6 Å². The molecule has 0 spiro atoms. The first kappa shape index (κ1) is 10.8. The Hall–Kier alpha value is -2.28. The third-order valence-electron chi connectivity index (χ3n) is 2.36. The van der Waals surface area contributed by atoms with E-state index in [9.17, 15) is 9.90 Å². The molecule has 6 nitrogen and oxygen atoms in total. The van der Waals surface area contributed by atoms with Crippen LogP contribution in [0.3, 0.4) is 0 Å². The van der Waals surface area contributed by atoms with E-state index in [1.807, 2.05) is 6.07 Å². The molecule has 2 aromatic heterocycles. The Bertz CT molecular complexity index is 765. The minimum Gasteiger partial charge on any atom is -0.507 e. The van der Waals surface area contributed by atoms with E-state index in [2.05, 4.69) is 15.2 Å². The monoisotopic (exact) mass is 260 g/mol. The predicted octanol–water partition coefficient (Wildman–Crippen LogP) is 1.27. The summed E-state index contributed by atoms with van der Waals surface area (Å²) in [5.74, 6) is 0.198. The van der Waals surface area contributed by atoms with Crippen molar-refractivity contribution in [1.29, 1.82) is 0 Å². The summed E-state index contributed by atoms with van der Waals surface area (Å²) in [5, 5.41) is 16.5. The van der Waals surface area contributed by atoms with Gasteiger partial charge in [-0.25, -0.2) is 19.3 Å². The summed E-state index contributed by atoms with van der Waals surface area (Å²) in [6, 6.07) is 8.67. The molecule has 18 heavy (non-hydrogen) atoms. The fourth-order valence-electron chi connectivity index (χ4n) is 1.50. The Balaban J connectivity index is 2.00. The fraction of sp³-hybridized carbons (Fsp3) is 0. The number of aromatic amines is 1. The summed E-state index contributed by atoms with van der Waals surface area (Å²) >= 11 is 1.31. The number of fused-ring (bicyclic) bond motifs is 1. The Morgan fingerprint density at radius 1 is 1.33 bits per heavy atom. The van der Waals surface area contributed by atoms with E-state index < -0.39 is 0 Å². The van der Waals surface area contributed by atoms with Crippen molar-refractivity contribution in [2.45, 2.75) is 9.92 Å². The van der Waals surface area contributed by atoms with Crippen molar-refractivity contribution in [2.24, 2.45) is 0 Å². The molecule has 0 aliphatic heterocycles. The van der Waals surface area contributed by atoms with Gasteiger partial charge >= 0.3 is 5.69 Å². The van der Waals surface area contributed by atoms with E-state index in [1.165, 1.54) is 22.5 Å². The maximum absolute atomic E-state index is 11.3. The molecule has 0 amide bonds. The summed E-state index contributed by atoms with van der Waals surface area (Å²) in [4.78, 5) is 16.1. The van der Waals surface area contributed by atoms with Crippen LogP contribution < -0.4 is 5.69 Å². The van der Waals surface area contributed by atoms with E-state index in [1.54, 1.807) is 24.3 Å². The van der Waals surface area contributed by atoms with Crippen molar-refractivity contribution in [3.05, 3.63) is 47.1 Å². The first-order valence-electron chi connectivity index (χ1n) is 5.13. The largest absolute Gasteiger partial charge is 0.507 e. The van der Waals surface area contributed by atoms with Crippen LogP contribution in [0.1, 0.15) is 0 Å². The summed E-state index contributed by atoms with van der Waals surface area (Å²) in [5.41, 5.74) is 0.171. The minimum atomic E-state index is -0.323. The Morgan fingerprint density at radius 3 is 3.00 bits per heavy atom. The van der Waals surface area contributed by atoms with Gasteiger partial charge in [0.2, 0.25) is 0 Å². The molecule has 2 heterocycles. The van der Waals surface area contributed by atoms with Crippen LogP contribution in [-0.4, -0.2) is 24.7 Å². The lowest BCUT2D eigenvalue weighted by Crippen LogP contribution is -2.09. The van der Waals surface area contributed by atoms with Crippen molar-refractivity contribution in [1.82, 2.24) is 19.6 Å². The number of nitrogens with zero attached hydrogens (tertiary/aromatic N) is 3. The minimum absolute atomic E-state index is 0.198. The standard InChI is InChI=1S/C11H8N4O2S/c16-7-3-1-2-4-8(7)18-10-5-9-13-14-11(17)15(9)6-12-10/h1-6,16H,(H,14,17). The molecule has 3 aromatic rings. The van der Waals surface area contributed by atoms with E-state index in [-0.39, 0.29) is 11.4 Å². The molecule has 0 aliphatic rings. The number of nitrogens with one attached hydrogen (secondary N) is 1. The summed E-state index contributed by atoms with van der Waals surface area (Å²) in [7, 11) is 0. The van der Waals surface area contributed by atoms with E-state index >= 15 is 0 Å². The van der Waals surface area contributed by atoms with Gasteiger partial charge in [0.05, 0.1) is 4.90 Å². The average molecular weight is 260 g/mol. The topological polar surface area (TPSA) is 83.3 Å². The quantitative estimate of drug-likeness (QED) is 0.678. The number of aromatic nitrogens is 4. The van der Waals surface area contributed by atoms with Crippen molar-refractivity contribution >= 4 is 17.4 Å². The van der Waals surface area contributed by atoms with Crippen LogP contribution in [0, 0.1) is 0 Å². The van der Waals surface area contributed by atoms with Crippen LogP contribution in [0.2, 0.25) is 0 Å². The zero-order valence-corrected chi connectivity index (χ0v) is 9.89. The number of H-pyrrole nitrogens is 1. The first-order valence-corrected chi connectivity index (χ1v) is 5.94. The highest BCUT2D eigenvalue weighted by Crippen LogP contribution is 2.32. The molecule has 0 fully saturated rings. The molecule has 90 valence electrons.